The molecule has 4 nitrogen and oxygen atoms in total. The Kier molecular flexibility index (Phi) is 6.96. The molecule has 0 spiro atoms. The van der Waals surface area contributed by atoms with Gasteiger partial charge >= 0.3 is 0 Å². The number of nitrogens with two attached hydrogens (primary N) is 1. The molecule has 0 aromatic heterocycles. The number of rotatable bonds is 6. The maximum absolute atomic E-state index is 12.6. The zero-order valence-corrected chi connectivity index (χ0v) is 13.9. The van der Waals surface area contributed by atoms with E-state index < -0.39 is 0 Å². The SMILES string of the molecule is CCC1CCN(CC(=O)N(C(C)C)C(C)C)C(CN)C1. The number of piperidine rings is 1. The van der Waals surface area contributed by atoms with Gasteiger partial charge in [0.05, 0.1) is 6.54 Å². The van der Waals surface area contributed by atoms with Crippen LogP contribution in [-0.2, 0) is 4.79 Å². The zero-order valence-electron chi connectivity index (χ0n) is 13.9. The van der Waals surface area contributed by atoms with Crippen molar-refractivity contribution < 1.29 is 4.79 Å². The molecule has 0 aliphatic carbocycles. The van der Waals surface area contributed by atoms with Crippen LogP contribution in [0.15, 0.2) is 0 Å². The largest absolute Gasteiger partial charge is 0.337 e. The van der Waals surface area contributed by atoms with Crippen molar-refractivity contribution >= 4 is 5.91 Å². The topological polar surface area (TPSA) is 49.6 Å². The second kappa shape index (κ2) is 7.99. The lowest BCUT2D eigenvalue weighted by Gasteiger charge is -2.40. The van der Waals surface area contributed by atoms with Crippen molar-refractivity contribution in [2.75, 3.05) is 19.6 Å². The smallest absolute Gasteiger partial charge is 0.237 e. The first-order valence-corrected chi connectivity index (χ1v) is 8.15. The molecule has 0 aromatic carbocycles. The summed E-state index contributed by atoms with van der Waals surface area (Å²) in [5.74, 6) is 1.02. The first-order chi connectivity index (χ1) is 9.40. The van der Waals surface area contributed by atoms with Crippen LogP contribution < -0.4 is 5.73 Å². The zero-order chi connectivity index (χ0) is 15.3. The number of carbonyl (C=O) groups is 1. The van der Waals surface area contributed by atoms with Crippen molar-refractivity contribution in [3.8, 4) is 0 Å². The van der Waals surface area contributed by atoms with Gasteiger partial charge in [-0.25, -0.2) is 0 Å². The Morgan fingerprint density at radius 2 is 1.90 bits per heavy atom. The van der Waals surface area contributed by atoms with E-state index in [1.807, 2.05) is 4.90 Å². The number of nitrogens with zero attached hydrogens (tertiary/aromatic N) is 2. The van der Waals surface area contributed by atoms with Gasteiger partial charge in [-0.05, 0) is 53.0 Å². The van der Waals surface area contributed by atoms with Crippen LogP contribution >= 0.6 is 0 Å². The summed E-state index contributed by atoms with van der Waals surface area (Å²) in [4.78, 5) is 16.8. The average Bonchev–Trinajstić information content (AvgIpc) is 2.38. The molecule has 4 heteroatoms. The van der Waals surface area contributed by atoms with E-state index in [0.717, 1.165) is 18.9 Å². The number of likely N-dealkylation sites (tertiary alicyclic amines) is 1. The summed E-state index contributed by atoms with van der Waals surface area (Å²) in [5.41, 5.74) is 5.92. The van der Waals surface area contributed by atoms with Crippen LogP contribution in [0.2, 0.25) is 0 Å². The molecule has 1 heterocycles. The third-order valence-corrected chi connectivity index (χ3v) is 4.53. The fraction of sp³-hybridized carbons (Fsp3) is 0.938. The van der Waals surface area contributed by atoms with E-state index >= 15 is 0 Å². The van der Waals surface area contributed by atoms with Gasteiger partial charge < -0.3 is 10.6 Å². The third-order valence-electron chi connectivity index (χ3n) is 4.53. The van der Waals surface area contributed by atoms with E-state index in [4.69, 9.17) is 5.73 Å². The van der Waals surface area contributed by atoms with E-state index in [-0.39, 0.29) is 18.0 Å². The highest BCUT2D eigenvalue weighted by Gasteiger charge is 2.30. The number of carbonyl (C=O) groups excluding carboxylic acids is 1. The molecule has 1 aliphatic rings. The van der Waals surface area contributed by atoms with Gasteiger partial charge in [0.2, 0.25) is 5.91 Å². The average molecular weight is 283 g/mol. The Balaban J connectivity index is 2.64. The Morgan fingerprint density at radius 3 is 2.35 bits per heavy atom. The molecule has 1 aliphatic heterocycles. The number of amides is 1. The van der Waals surface area contributed by atoms with Crippen molar-refractivity contribution in [2.24, 2.45) is 11.7 Å². The summed E-state index contributed by atoms with van der Waals surface area (Å²) >= 11 is 0. The lowest BCUT2D eigenvalue weighted by atomic mass is 9.89. The molecule has 1 fully saturated rings. The van der Waals surface area contributed by atoms with Crippen LogP contribution in [0.25, 0.3) is 0 Å². The van der Waals surface area contributed by atoms with Crippen LogP contribution in [0, 0.1) is 5.92 Å². The minimum atomic E-state index is 0.239. The van der Waals surface area contributed by atoms with Crippen molar-refractivity contribution in [1.29, 1.82) is 0 Å². The van der Waals surface area contributed by atoms with Gasteiger partial charge in [-0.3, -0.25) is 9.69 Å². The predicted octanol–water partition coefficient (Wildman–Crippen LogP) is 2.08. The summed E-state index contributed by atoms with van der Waals surface area (Å²) in [7, 11) is 0. The van der Waals surface area contributed by atoms with Gasteiger partial charge in [-0.1, -0.05) is 13.3 Å². The normalized spacial score (nSPS) is 24.4. The molecule has 118 valence electrons. The second-order valence-corrected chi connectivity index (χ2v) is 6.65. The third kappa shape index (κ3) is 4.45. The van der Waals surface area contributed by atoms with Gasteiger partial charge in [0.15, 0.2) is 0 Å². The van der Waals surface area contributed by atoms with Crippen molar-refractivity contribution in [3.63, 3.8) is 0 Å². The summed E-state index contributed by atoms with van der Waals surface area (Å²) < 4.78 is 0. The lowest BCUT2D eigenvalue weighted by Crippen LogP contribution is -2.53. The van der Waals surface area contributed by atoms with Crippen LogP contribution in [0.5, 0.6) is 0 Å². The molecule has 0 aromatic rings. The molecule has 2 N–H and O–H groups in total. The Morgan fingerprint density at radius 1 is 1.30 bits per heavy atom. The van der Waals surface area contributed by atoms with Crippen LogP contribution in [0.4, 0.5) is 0 Å². The van der Waals surface area contributed by atoms with Crippen molar-refractivity contribution in [2.45, 2.75) is 72.0 Å². The quantitative estimate of drug-likeness (QED) is 0.812. The van der Waals surface area contributed by atoms with Crippen molar-refractivity contribution in [3.05, 3.63) is 0 Å². The van der Waals surface area contributed by atoms with Gasteiger partial charge in [0.1, 0.15) is 0 Å². The van der Waals surface area contributed by atoms with E-state index in [1.54, 1.807) is 0 Å². The van der Waals surface area contributed by atoms with Crippen molar-refractivity contribution in [1.82, 2.24) is 9.80 Å². The minimum absolute atomic E-state index is 0.239. The van der Waals surface area contributed by atoms with Gasteiger partial charge in [-0.15, -0.1) is 0 Å². The predicted molar refractivity (Wildman–Crippen MR) is 84.5 cm³/mol. The highest BCUT2D eigenvalue weighted by Crippen LogP contribution is 2.25. The second-order valence-electron chi connectivity index (χ2n) is 6.65. The Hall–Kier alpha value is -0.610. The first kappa shape index (κ1) is 17.4. The molecule has 0 radical (unpaired) electrons. The molecule has 0 saturated carbocycles. The molecule has 20 heavy (non-hydrogen) atoms. The molecule has 1 amide bonds. The Labute approximate surface area is 124 Å². The fourth-order valence-corrected chi connectivity index (χ4v) is 3.43. The molecule has 1 saturated heterocycles. The van der Waals surface area contributed by atoms with E-state index in [1.165, 1.54) is 12.8 Å². The van der Waals surface area contributed by atoms with Gasteiger partial charge in [0, 0.05) is 24.7 Å². The molecular formula is C16H33N3O. The monoisotopic (exact) mass is 283 g/mol. The standard InChI is InChI=1S/C16H33N3O/c1-6-14-7-8-18(15(9-14)10-17)11-16(20)19(12(2)3)13(4)5/h12-15H,6-11,17H2,1-5H3. The summed E-state index contributed by atoms with van der Waals surface area (Å²) in [5, 5.41) is 0. The summed E-state index contributed by atoms with van der Waals surface area (Å²) in [6.45, 7) is 12.8. The maximum Gasteiger partial charge on any atom is 0.237 e. The van der Waals surface area contributed by atoms with Crippen LogP contribution in [0.3, 0.4) is 0 Å². The summed E-state index contributed by atoms with van der Waals surface area (Å²) in [6, 6.07) is 0.887. The minimum Gasteiger partial charge on any atom is -0.337 e. The molecule has 1 rings (SSSR count). The molecule has 2 atom stereocenters. The number of hydrogen-bond donors (Lipinski definition) is 1. The van der Waals surface area contributed by atoms with E-state index in [9.17, 15) is 4.79 Å². The van der Waals surface area contributed by atoms with Crippen LogP contribution in [-0.4, -0.2) is 53.5 Å². The van der Waals surface area contributed by atoms with Crippen LogP contribution in [0.1, 0.15) is 53.9 Å². The van der Waals surface area contributed by atoms with Gasteiger partial charge in [0.25, 0.3) is 0 Å². The first-order valence-electron chi connectivity index (χ1n) is 8.15. The molecular weight excluding hydrogens is 250 g/mol. The van der Waals surface area contributed by atoms with E-state index in [2.05, 4.69) is 39.5 Å². The Bertz CT molecular complexity index is 296. The summed E-state index contributed by atoms with van der Waals surface area (Å²) in [6.07, 6.45) is 3.57. The lowest BCUT2D eigenvalue weighted by molar-refractivity contribution is -0.137. The van der Waals surface area contributed by atoms with Gasteiger partial charge in [-0.2, -0.15) is 0 Å². The molecule has 0 bridgehead atoms. The highest BCUT2D eigenvalue weighted by molar-refractivity contribution is 5.78. The molecule has 2 unspecified atom stereocenters. The van der Waals surface area contributed by atoms with E-state index in [0.29, 0.717) is 19.1 Å². The maximum atomic E-state index is 12.6. The highest BCUT2D eigenvalue weighted by atomic mass is 16.2. The fourth-order valence-electron chi connectivity index (χ4n) is 3.43. The number of hydrogen-bond acceptors (Lipinski definition) is 3.